The van der Waals surface area contributed by atoms with Crippen molar-refractivity contribution in [1.29, 1.82) is 0 Å². The van der Waals surface area contributed by atoms with Gasteiger partial charge in [0.15, 0.2) is 0 Å². The average Bonchev–Trinajstić information content (AvgIpc) is 2.78. The minimum atomic E-state index is -0.139. The number of aliphatic hydroxyl groups is 1. The monoisotopic (exact) mass is 255 g/mol. The molecule has 3 aromatic rings. The number of nitrogens with zero attached hydrogens (tertiary/aromatic N) is 3. The van der Waals surface area contributed by atoms with Crippen molar-refractivity contribution in [3.63, 3.8) is 0 Å². The Balaban J connectivity index is 2.02. The fraction of sp³-hybridized carbons (Fsp3) is 0.143. The lowest BCUT2D eigenvalue weighted by molar-refractivity contribution is 0.269. The third kappa shape index (κ3) is 2.15. The fourth-order valence-electron chi connectivity index (χ4n) is 1.88. The van der Waals surface area contributed by atoms with Crippen LogP contribution in [-0.4, -0.2) is 19.5 Å². The standard InChI is InChI=1S/C14H13N3O2/c1-10-5-6-11(8-15-10)19-14-12(9-18)17-7-3-2-4-13(17)16-14/h2-8,18H,9H2,1H3. The van der Waals surface area contributed by atoms with Gasteiger partial charge >= 0.3 is 0 Å². The zero-order valence-corrected chi connectivity index (χ0v) is 10.4. The molecule has 0 bridgehead atoms. The molecule has 0 radical (unpaired) electrons. The summed E-state index contributed by atoms with van der Waals surface area (Å²) < 4.78 is 7.49. The van der Waals surface area contributed by atoms with Gasteiger partial charge in [0.05, 0.1) is 12.8 Å². The summed E-state index contributed by atoms with van der Waals surface area (Å²) in [4.78, 5) is 8.52. The molecule has 0 aliphatic rings. The van der Waals surface area contributed by atoms with Gasteiger partial charge in [0.1, 0.15) is 17.1 Å². The summed E-state index contributed by atoms with van der Waals surface area (Å²) in [5.41, 5.74) is 2.28. The molecule has 0 aliphatic heterocycles. The van der Waals surface area contributed by atoms with Crippen LogP contribution in [0.4, 0.5) is 0 Å². The summed E-state index contributed by atoms with van der Waals surface area (Å²) >= 11 is 0. The molecule has 0 aliphatic carbocycles. The van der Waals surface area contributed by atoms with Crippen LogP contribution in [0, 0.1) is 6.92 Å². The van der Waals surface area contributed by atoms with Gasteiger partial charge in [0, 0.05) is 11.9 Å². The molecule has 3 heterocycles. The molecule has 0 saturated heterocycles. The predicted molar refractivity (Wildman–Crippen MR) is 70.2 cm³/mol. The van der Waals surface area contributed by atoms with Crippen LogP contribution in [0.25, 0.3) is 5.65 Å². The Kier molecular flexibility index (Phi) is 2.89. The fourth-order valence-corrected chi connectivity index (χ4v) is 1.88. The Labute approximate surface area is 110 Å². The van der Waals surface area contributed by atoms with E-state index in [1.807, 2.05) is 43.5 Å². The molecule has 19 heavy (non-hydrogen) atoms. The first-order valence-electron chi connectivity index (χ1n) is 5.95. The van der Waals surface area contributed by atoms with Crippen molar-refractivity contribution in [2.24, 2.45) is 0 Å². The number of hydrogen-bond acceptors (Lipinski definition) is 4. The number of fused-ring (bicyclic) bond motifs is 1. The van der Waals surface area contributed by atoms with Crippen molar-refractivity contribution in [3.8, 4) is 11.6 Å². The van der Waals surface area contributed by atoms with Crippen LogP contribution < -0.4 is 4.74 Å². The van der Waals surface area contributed by atoms with Gasteiger partial charge in [-0.25, -0.2) is 0 Å². The first-order valence-corrected chi connectivity index (χ1v) is 5.95. The van der Waals surface area contributed by atoms with E-state index in [1.54, 1.807) is 10.6 Å². The molecule has 0 atom stereocenters. The largest absolute Gasteiger partial charge is 0.436 e. The second-order valence-electron chi connectivity index (χ2n) is 4.19. The lowest BCUT2D eigenvalue weighted by atomic mass is 10.4. The van der Waals surface area contributed by atoms with E-state index in [0.29, 0.717) is 17.3 Å². The van der Waals surface area contributed by atoms with Crippen molar-refractivity contribution in [3.05, 3.63) is 54.1 Å². The quantitative estimate of drug-likeness (QED) is 0.780. The second-order valence-corrected chi connectivity index (χ2v) is 4.19. The number of aryl methyl sites for hydroxylation is 1. The zero-order valence-electron chi connectivity index (χ0n) is 10.4. The molecular formula is C14H13N3O2. The zero-order chi connectivity index (χ0) is 13.2. The first-order chi connectivity index (χ1) is 9.28. The Morgan fingerprint density at radius 2 is 2.16 bits per heavy atom. The van der Waals surface area contributed by atoms with E-state index in [9.17, 15) is 5.11 Å². The molecule has 0 saturated carbocycles. The molecule has 5 nitrogen and oxygen atoms in total. The maximum absolute atomic E-state index is 9.47. The maximum Gasteiger partial charge on any atom is 0.243 e. The van der Waals surface area contributed by atoms with E-state index in [2.05, 4.69) is 9.97 Å². The molecule has 0 fully saturated rings. The molecule has 0 aromatic carbocycles. The highest BCUT2D eigenvalue weighted by molar-refractivity contribution is 5.46. The highest BCUT2D eigenvalue weighted by Crippen LogP contribution is 2.25. The van der Waals surface area contributed by atoms with E-state index in [0.717, 1.165) is 11.3 Å². The number of aromatic nitrogens is 3. The van der Waals surface area contributed by atoms with Crippen molar-refractivity contribution >= 4 is 5.65 Å². The third-order valence-electron chi connectivity index (χ3n) is 2.84. The number of rotatable bonds is 3. The Hall–Kier alpha value is -2.40. The third-order valence-corrected chi connectivity index (χ3v) is 2.84. The minimum absolute atomic E-state index is 0.139. The highest BCUT2D eigenvalue weighted by atomic mass is 16.5. The van der Waals surface area contributed by atoms with Crippen LogP contribution >= 0.6 is 0 Å². The van der Waals surface area contributed by atoms with Crippen molar-refractivity contribution in [1.82, 2.24) is 14.4 Å². The molecule has 1 N–H and O–H groups in total. The summed E-state index contributed by atoms with van der Waals surface area (Å²) in [5, 5.41) is 9.47. The summed E-state index contributed by atoms with van der Waals surface area (Å²) in [6.07, 6.45) is 3.48. The van der Waals surface area contributed by atoms with Gasteiger partial charge in [0.2, 0.25) is 5.88 Å². The van der Waals surface area contributed by atoms with Crippen LogP contribution in [0.3, 0.4) is 0 Å². The van der Waals surface area contributed by atoms with Gasteiger partial charge < -0.3 is 9.84 Å². The Morgan fingerprint density at radius 1 is 1.26 bits per heavy atom. The number of imidazole rings is 1. The van der Waals surface area contributed by atoms with Crippen LogP contribution in [-0.2, 0) is 6.61 Å². The average molecular weight is 255 g/mol. The van der Waals surface area contributed by atoms with Gasteiger partial charge in [0.25, 0.3) is 0 Å². The molecule has 0 unspecified atom stereocenters. The van der Waals surface area contributed by atoms with E-state index < -0.39 is 0 Å². The lowest BCUT2D eigenvalue weighted by Gasteiger charge is -2.04. The van der Waals surface area contributed by atoms with E-state index in [-0.39, 0.29) is 6.61 Å². The Bertz CT molecular complexity index is 704. The van der Waals surface area contributed by atoms with Crippen LogP contribution in [0.15, 0.2) is 42.7 Å². The molecule has 3 aromatic heterocycles. The summed E-state index contributed by atoms with van der Waals surface area (Å²) in [6.45, 7) is 1.77. The number of hydrogen-bond donors (Lipinski definition) is 1. The number of ether oxygens (including phenoxy) is 1. The Morgan fingerprint density at radius 3 is 2.89 bits per heavy atom. The summed E-state index contributed by atoms with van der Waals surface area (Å²) in [7, 11) is 0. The van der Waals surface area contributed by atoms with Gasteiger partial charge in [-0.2, -0.15) is 4.98 Å². The second kappa shape index (κ2) is 4.70. The van der Waals surface area contributed by atoms with E-state index in [1.165, 1.54) is 0 Å². The molecule has 0 amide bonds. The van der Waals surface area contributed by atoms with Crippen LogP contribution in [0.5, 0.6) is 11.6 Å². The molecule has 0 spiro atoms. The maximum atomic E-state index is 9.47. The van der Waals surface area contributed by atoms with Gasteiger partial charge in [-0.05, 0) is 31.2 Å². The number of aliphatic hydroxyl groups excluding tert-OH is 1. The van der Waals surface area contributed by atoms with Crippen molar-refractivity contribution < 1.29 is 9.84 Å². The predicted octanol–water partition coefficient (Wildman–Crippen LogP) is 2.32. The smallest absolute Gasteiger partial charge is 0.243 e. The first kappa shape index (κ1) is 11.7. The molecular weight excluding hydrogens is 242 g/mol. The van der Waals surface area contributed by atoms with Crippen molar-refractivity contribution in [2.75, 3.05) is 0 Å². The normalized spacial score (nSPS) is 10.8. The highest BCUT2D eigenvalue weighted by Gasteiger charge is 2.13. The van der Waals surface area contributed by atoms with Gasteiger partial charge in [-0.3, -0.25) is 9.38 Å². The lowest BCUT2D eigenvalue weighted by Crippen LogP contribution is -1.94. The van der Waals surface area contributed by atoms with Gasteiger partial charge in [-0.1, -0.05) is 6.07 Å². The van der Waals surface area contributed by atoms with Crippen LogP contribution in [0.2, 0.25) is 0 Å². The SMILES string of the molecule is Cc1ccc(Oc2nc3ccccn3c2CO)cn1. The van der Waals surface area contributed by atoms with Crippen molar-refractivity contribution in [2.45, 2.75) is 13.5 Å². The van der Waals surface area contributed by atoms with E-state index >= 15 is 0 Å². The number of pyridine rings is 2. The van der Waals surface area contributed by atoms with Crippen LogP contribution in [0.1, 0.15) is 11.4 Å². The molecule has 5 heteroatoms. The molecule has 96 valence electrons. The van der Waals surface area contributed by atoms with Gasteiger partial charge in [-0.15, -0.1) is 0 Å². The minimum Gasteiger partial charge on any atom is -0.436 e. The molecule has 3 rings (SSSR count). The topological polar surface area (TPSA) is 59.7 Å². The summed E-state index contributed by atoms with van der Waals surface area (Å²) in [6, 6.07) is 9.32. The van der Waals surface area contributed by atoms with E-state index in [4.69, 9.17) is 4.74 Å². The summed E-state index contributed by atoms with van der Waals surface area (Å²) in [5.74, 6) is 1.00.